The number of rotatable bonds is 4. The molecule has 21 heavy (non-hydrogen) atoms. The van der Waals surface area contributed by atoms with E-state index < -0.39 is 0 Å². The van der Waals surface area contributed by atoms with Gasteiger partial charge in [0.1, 0.15) is 5.01 Å². The van der Waals surface area contributed by atoms with Gasteiger partial charge in [0.05, 0.1) is 6.54 Å². The van der Waals surface area contributed by atoms with Gasteiger partial charge < -0.3 is 5.73 Å². The molecular weight excluding hydrogens is 286 g/mol. The van der Waals surface area contributed by atoms with E-state index in [1.54, 1.807) is 0 Å². The van der Waals surface area contributed by atoms with Crippen molar-refractivity contribution in [2.75, 3.05) is 13.6 Å². The molecule has 7 heteroatoms. The fourth-order valence-corrected chi connectivity index (χ4v) is 4.24. The van der Waals surface area contributed by atoms with Crippen LogP contribution >= 0.6 is 11.3 Å². The number of nitrogens with zero attached hydrogens (tertiary/aromatic N) is 4. The fraction of sp³-hybridized carbons (Fsp3) is 0.643. The molecule has 2 aromatic heterocycles. The van der Waals surface area contributed by atoms with Crippen LogP contribution in [-0.2, 0) is 6.54 Å². The summed E-state index contributed by atoms with van der Waals surface area (Å²) in [6, 6.07) is 2.04. The average molecular weight is 307 g/mol. The molecular formula is C14H21N5OS. The number of hydrogen-bond donors (Lipinski definition) is 1. The fourth-order valence-electron chi connectivity index (χ4n) is 3.23. The Bertz CT molecular complexity index is 694. The van der Waals surface area contributed by atoms with Gasteiger partial charge in [0, 0.05) is 17.8 Å². The number of nitrogens with two attached hydrogens (primary N) is 1. The molecule has 2 aromatic rings. The van der Waals surface area contributed by atoms with Crippen molar-refractivity contribution in [3.05, 3.63) is 27.1 Å². The van der Waals surface area contributed by atoms with Crippen molar-refractivity contribution in [2.24, 2.45) is 11.7 Å². The Morgan fingerprint density at radius 2 is 2.33 bits per heavy atom. The van der Waals surface area contributed by atoms with E-state index in [-0.39, 0.29) is 5.56 Å². The Kier molecular flexibility index (Phi) is 4.05. The van der Waals surface area contributed by atoms with Gasteiger partial charge in [0.15, 0.2) is 0 Å². The maximum Gasteiger partial charge on any atom is 0.275 e. The molecule has 0 aliphatic heterocycles. The Morgan fingerprint density at radius 3 is 3.10 bits per heavy atom. The molecule has 6 nitrogen and oxygen atoms in total. The Hall–Kier alpha value is -1.31. The van der Waals surface area contributed by atoms with Crippen molar-refractivity contribution >= 4 is 16.3 Å². The topological polar surface area (TPSA) is 76.5 Å². The molecule has 0 radical (unpaired) electrons. The van der Waals surface area contributed by atoms with Gasteiger partial charge in [-0.05, 0) is 39.3 Å². The van der Waals surface area contributed by atoms with Crippen LogP contribution in [0.4, 0.5) is 0 Å². The lowest BCUT2D eigenvalue weighted by atomic mass is 10.0. The van der Waals surface area contributed by atoms with Crippen LogP contribution in [0.3, 0.4) is 0 Å². The third kappa shape index (κ3) is 2.86. The summed E-state index contributed by atoms with van der Waals surface area (Å²) in [4.78, 5) is 19.3. The molecule has 1 saturated carbocycles. The molecule has 0 spiro atoms. The van der Waals surface area contributed by atoms with Crippen LogP contribution < -0.4 is 11.3 Å². The lowest BCUT2D eigenvalue weighted by molar-refractivity contribution is 0.192. The van der Waals surface area contributed by atoms with Gasteiger partial charge in [0.25, 0.3) is 5.56 Å². The van der Waals surface area contributed by atoms with E-state index in [0.717, 1.165) is 23.8 Å². The summed E-state index contributed by atoms with van der Waals surface area (Å²) < 4.78 is 1.40. The van der Waals surface area contributed by atoms with Crippen molar-refractivity contribution in [3.63, 3.8) is 0 Å². The molecule has 0 amide bonds. The largest absolute Gasteiger partial charge is 0.330 e. The highest BCUT2D eigenvalue weighted by Crippen LogP contribution is 2.29. The highest BCUT2D eigenvalue weighted by Gasteiger charge is 2.29. The summed E-state index contributed by atoms with van der Waals surface area (Å²) in [5.74, 6) is 0.576. The van der Waals surface area contributed by atoms with Gasteiger partial charge in [-0.3, -0.25) is 9.69 Å². The van der Waals surface area contributed by atoms with Gasteiger partial charge in [-0.1, -0.05) is 17.8 Å². The summed E-state index contributed by atoms with van der Waals surface area (Å²) in [5.41, 5.74) is 6.49. The second-order valence-corrected chi connectivity index (χ2v) is 6.88. The van der Waals surface area contributed by atoms with Crippen LogP contribution in [0.2, 0.25) is 0 Å². The van der Waals surface area contributed by atoms with Gasteiger partial charge in [-0.25, -0.2) is 4.98 Å². The highest BCUT2D eigenvalue weighted by atomic mass is 32.1. The van der Waals surface area contributed by atoms with Crippen LogP contribution in [-0.4, -0.2) is 39.1 Å². The summed E-state index contributed by atoms with van der Waals surface area (Å²) in [7, 11) is 2.12. The van der Waals surface area contributed by atoms with E-state index in [1.165, 1.54) is 41.2 Å². The van der Waals surface area contributed by atoms with Gasteiger partial charge >= 0.3 is 0 Å². The molecule has 0 saturated heterocycles. The quantitative estimate of drug-likeness (QED) is 0.912. The normalized spacial score (nSPS) is 22.5. The minimum Gasteiger partial charge on any atom is -0.330 e. The van der Waals surface area contributed by atoms with E-state index in [4.69, 9.17) is 5.73 Å². The molecule has 1 fully saturated rings. The van der Waals surface area contributed by atoms with Crippen molar-refractivity contribution < 1.29 is 0 Å². The first-order chi connectivity index (χ1) is 10.1. The first-order valence-corrected chi connectivity index (χ1v) is 8.17. The van der Waals surface area contributed by atoms with Crippen LogP contribution in [0.25, 0.3) is 4.96 Å². The summed E-state index contributed by atoms with van der Waals surface area (Å²) in [6.45, 7) is 3.32. The number of aryl methyl sites for hydroxylation is 1. The Labute approximate surface area is 127 Å². The van der Waals surface area contributed by atoms with E-state index in [2.05, 4.69) is 22.0 Å². The summed E-state index contributed by atoms with van der Waals surface area (Å²) >= 11 is 1.49. The van der Waals surface area contributed by atoms with E-state index in [1.807, 2.05) is 6.92 Å². The van der Waals surface area contributed by atoms with Gasteiger partial charge in [-0.15, -0.1) is 0 Å². The second kappa shape index (κ2) is 5.82. The number of fused-ring (bicyclic) bond motifs is 1. The van der Waals surface area contributed by atoms with Crippen molar-refractivity contribution in [2.45, 2.75) is 38.8 Å². The average Bonchev–Trinajstić information content (AvgIpc) is 3.04. The van der Waals surface area contributed by atoms with Crippen LogP contribution in [0, 0.1) is 12.8 Å². The monoisotopic (exact) mass is 307 g/mol. The van der Waals surface area contributed by atoms with E-state index in [9.17, 15) is 4.79 Å². The molecule has 1 aliphatic carbocycles. The lowest BCUT2D eigenvalue weighted by Crippen LogP contribution is -2.37. The molecule has 2 N–H and O–H groups in total. The zero-order valence-corrected chi connectivity index (χ0v) is 13.3. The van der Waals surface area contributed by atoms with Crippen molar-refractivity contribution in [1.29, 1.82) is 0 Å². The Balaban J connectivity index is 1.81. The number of hydrogen-bond acceptors (Lipinski definition) is 6. The Morgan fingerprint density at radius 1 is 1.52 bits per heavy atom. The smallest absolute Gasteiger partial charge is 0.275 e. The summed E-state index contributed by atoms with van der Waals surface area (Å²) in [5, 5.41) is 5.33. The predicted octanol–water partition coefficient (Wildman–Crippen LogP) is 1.02. The van der Waals surface area contributed by atoms with Crippen LogP contribution in [0.5, 0.6) is 0 Å². The molecule has 3 rings (SSSR count). The summed E-state index contributed by atoms with van der Waals surface area (Å²) in [6.07, 6.45) is 3.66. The minimum atomic E-state index is -0.108. The van der Waals surface area contributed by atoms with Crippen molar-refractivity contribution in [1.82, 2.24) is 19.5 Å². The van der Waals surface area contributed by atoms with Gasteiger partial charge in [-0.2, -0.15) is 9.61 Å². The first kappa shape index (κ1) is 14.6. The van der Waals surface area contributed by atoms with Crippen LogP contribution in [0.1, 0.15) is 30.0 Å². The lowest BCUT2D eigenvalue weighted by Gasteiger charge is -2.28. The zero-order chi connectivity index (χ0) is 15.0. The molecule has 114 valence electrons. The third-order valence-corrected chi connectivity index (χ3v) is 5.18. The predicted molar refractivity (Wildman–Crippen MR) is 83.5 cm³/mol. The minimum absolute atomic E-state index is 0.108. The molecule has 2 heterocycles. The van der Waals surface area contributed by atoms with E-state index in [0.29, 0.717) is 16.9 Å². The third-order valence-electron chi connectivity index (χ3n) is 4.29. The SMILES string of the molecule is Cc1cc(=O)n2nc(CN(C)C3CCCC3CN)sc2n1. The first-order valence-electron chi connectivity index (χ1n) is 7.35. The molecule has 2 atom stereocenters. The molecule has 1 aliphatic rings. The van der Waals surface area contributed by atoms with Crippen molar-refractivity contribution in [3.8, 4) is 0 Å². The van der Waals surface area contributed by atoms with Gasteiger partial charge in [0.2, 0.25) is 4.96 Å². The molecule has 0 bridgehead atoms. The van der Waals surface area contributed by atoms with E-state index >= 15 is 0 Å². The maximum absolute atomic E-state index is 11.9. The van der Waals surface area contributed by atoms with Crippen LogP contribution in [0.15, 0.2) is 10.9 Å². The second-order valence-electron chi connectivity index (χ2n) is 5.84. The highest BCUT2D eigenvalue weighted by molar-refractivity contribution is 7.16. The molecule has 0 aromatic carbocycles. The standard InChI is InChI=1S/C14H21N5OS/c1-9-6-13(20)19-14(16-9)21-12(17-19)8-18(2)11-5-3-4-10(11)7-15/h6,10-11H,3-5,7-8,15H2,1-2H3. The number of aromatic nitrogens is 3. The maximum atomic E-state index is 11.9. The molecule has 2 unspecified atom stereocenters. The zero-order valence-electron chi connectivity index (χ0n) is 12.5.